The molecule has 1 rings (SSSR count). The molecule has 0 radical (unpaired) electrons. The van der Waals surface area contributed by atoms with E-state index in [1.165, 1.54) is 31.2 Å². The van der Waals surface area contributed by atoms with Crippen LogP contribution in [0.4, 0.5) is 5.69 Å². The fraction of sp³-hybridized carbons (Fsp3) is 0.625. The van der Waals surface area contributed by atoms with E-state index < -0.39 is 10.0 Å². The van der Waals surface area contributed by atoms with Gasteiger partial charge in [0.25, 0.3) is 0 Å². The van der Waals surface area contributed by atoms with Crippen molar-refractivity contribution in [1.82, 2.24) is 4.31 Å². The van der Waals surface area contributed by atoms with Crippen LogP contribution in [0.2, 0.25) is 0 Å². The Labute approximate surface area is 129 Å². The van der Waals surface area contributed by atoms with E-state index in [1.807, 2.05) is 12.1 Å². The molecule has 0 spiro atoms. The Kier molecular flexibility index (Phi) is 6.68. The second kappa shape index (κ2) is 7.80. The number of hydrogen-bond acceptors (Lipinski definition) is 3. The molecule has 0 bridgehead atoms. The van der Waals surface area contributed by atoms with Crippen molar-refractivity contribution in [2.24, 2.45) is 5.92 Å². The summed E-state index contributed by atoms with van der Waals surface area (Å²) in [7, 11) is -0.260. The zero-order valence-corrected chi connectivity index (χ0v) is 14.6. The zero-order valence-electron chi connectivity index (χ0n) is 13.8. The third kappa shape index (κ3) is 5.67. The summed E-state index contributed by atoms with van der Waals surface area (Å²) in [4.78, 5) is 0.325. The number of nitrogens with zero attached hydrogens (tertiary/aromatic N) is 1. The molecule has 0 saturated carbocycles. The summed E-state index contributed by atoms with van der Waals surface area (Å²) < 4.78 is 25.2. The Morgan fingerprint density at radius 2 is 1.62 bits per heavy atom. The predicted molar refractivity (Wildman–Crippen MR) is 89.1 cm³/mol. The molecule has 0 saturated heterocycles. The van der Waals surface area contributed by atoms with E-state index in [0.717, 1.165) is 18.0 Å². The average molecular weight is 312 g/mol. The summed E-state index contributed by atoms with van der Waals surface area (Å²) in [6.07, 6.45) is 3.57. The Morgan fingerprint density at radius 1 is 1.05 bits per heavy atom. The van der Waals surface area contributed by atoms with Gasteiger partial charge in [0.05, 0.1) is 4.90 Å². The molecular weight excluding hydrogens is 284 g/mol. The highest BCUT2D eigenvalue weighted by molar-refractivity contribution is 7.89. The van der Waals surface area contributed by atoms with Crippen molar-refractivity contribution in [2.45, 2.75) is 51.0 Å². The lowest BCUT2D eigenvalue weighted by molar-refractivity contribution is 0.520. The van der Waals surface area contributed by atoms with Gasteiger partial charge in [-0.25, -0.2) is 12.7 Å². The van der Waals surface area contributed by atoms with Gasteiger partial charge in [-0.1, -0.05) is 26.7 Å². The van der Waals surface area contributed by atoms with E-state index in [0.29, 0.717) is 10.9 Å². The first-order valence-corrected chi connectivity index (χ1v) is 8.96. The van der Waals surface area contributed by atoms with Crippen LogP contribution < -0.4 is 5.32 Å². The molecule has 1 unspecified atom stereocenters. The molecule has 21 heavy (non-hydrogen) atoms. The van der Waals surface area contributed by atoms with Crippen LogP contribution in [0.3, 0.4) is 0 Å². The van der Waals surface area contributed by atoms with Crippen molar-refractivity contribution in [3.8, 4) is 0 Å². The lowest BCUT2D eigenvalue weighted by Gasteiger charge is -2.17. The average Bonchev–Trinajstić information content (AvgIpc) is 2.38. The number of nitrogens with one attached hydrogen (secondary N) is 1. The summed E-state index contributed by atoms with van der Waals surface area (Å²) in [6.45, 7) is 6.63. The maximum Gasteiger partial charge on any atom is 0.242 e. The van der Waals surface area contributed by atoms with Crippen LogP contribution in [0.25, 0.3) is 0 Å². The van der Waals surface area contributed by atoms with E-state index in [1.54, 1.807) is 12.1 Å². The zero-order chi connectivity index (χ0) is 16.0. The van der Waals surface area contributed by atoms with Gasteiger partial charge in [-0.15, -0.1) is 0 Å². The van der Waals surface area contributed by atoms with Crippen molar-refractivity contribution in [1.29, 1.82) is 0 Å². The molecule has 1 aromatic rings. The summed E-state index contributed by atoms with van der Waals surface area (Å²) in [5.41, 5.74) is 0.963. The normalized spacial score (nSPS) is 13.7. The van der Waals surface area contributed by atoms with E-state index in [-0.39, 0.29) is 0 Å². The van der Waals surface area contributed by atoms with Crippen molar-refractivity contribution in [3.63, 3.8) is 0 Å². The number of rotatable bonds is 8. The highest BCUT2D eigenvalue weighted by Gasteiger charge is 2.16. The van der Waals surface area contributed by atoms with Gasteiger partial charge in [-0.3, -0.25) is 0 Å². The van der Waals surface area contributed by atoms with Gasteiger partial charge in [0.1, 0.15) is 0 Å². The number of anilines is 1. The molecule has 5 heteroatoms. The highest BCUT2D eigenvalue weighted by atomic mass is 32.2. The van der Waals surface area contributed by atoms with Crippen LogP contribution in [0.15, 0.2) is 29.2 Å². The van der Waals surface area contributed by atoms with E-state index >= 15 is 0 Å². The summed E-state index contributed by atoms with van der Waals surface area (Å²) in [5.74, 6) is 0.743. The third-order valence-electron chi connectivity index (χ3n) is 3.46. The molecule has 0 aliphatic heterocycles. The summed E-state index contributed by atoms with van der Waals surface area (Å²) >= 11 is 0. The standard InChI is InChI=1S/C16H28N2O2S/c1-13(2)7-6-8-14(3)17-15-9-11-16(12-10-15)21(19,20)18(4)5/h9-14,17H,6-8H2,1-5H3. The first-order valence-electron chi connectivity index (χ1n) is 7.52. The van der Waals surface area contributed by atoms with Crippen LogP contribution in [-0.2, 0) is 10.0 Å². The van der Waals surface area contributed by atoms with E-state index in [9.17, 15) is 8.42 Å². The van der Waals surface area contributed by atoms with Crippen molar-refractivity contribution < 1.29 is 8.42 Å². The Bertz CT molecular complexity index is 522. The first kappa shape index (κ1) is 18.0. The number of hydrogen-bond donors (Lipinski definition) is 1. The van der Waals surface area contributed by atoms with E-state index in [2.05, 4.69) is 26.1 Å². The SMILES string of the molecule is CC(C)CCCC(C)Nc1ccc(S(=O)(=O)N(C)C)cc1. The quantitative estimate of drug-likeness (QED) is 0.798. The maximum atomic E-state index is 12.0. The van der Waals surface area contributed by atoms with Crippen LogP contribution in [0.5, 0.6) is 0 Å². The molecule has 1 N–H and O–H groups in total. The molecular formula is C16H28N2O2S. The fourth-order valence-electron chi connectivity index (χ4n) is 2.12. The predicted octanol–water partition coefficient (Wildman–Crippen LogP) is 3.56. The highest BCUT2D eigenvalue weighted by Crippen LogP contribution is 2.18. The monoisotopic (exact) mass is 312 g/mol. The molecule has 1 atom stereocenters. The van der Waals surface area contributed by atoms with Crippen LogP contribution >= 0.6 is 0 Å². The molecule has 0 fully saturated rings. The topological polar surface area (TPSA) is 49.4 Å². The lowest BCUT2D eigenvalue weighted by atomic mass is 10.0. The number of benzene rings is 1. The molecule has 4 nitrogen and oxygen atoms in total. The second-order valence-corrected chi connectivity index (χ2v) is 8.33. The van der Waals surface area contributed by atoms with E-state index in [4.69, 9.17) is 0 Å². The first-order chi connectivity index (χ1) is 9.73. The minimum Gasteiger partial charge on any atom is -0.383 e. The minimum absolute atomic E-state index is 0.325. The van der Waals surface area contributed by atoms with Gasteiger partial charge in [0.15, 0.2) is 0 Å². The largest absolute Gasteiger partial charge is 0.383 e. The lowest BCUT2D eigenvalue weighted by Crippen LogP contribution is -2.22. The molecule has 1 aromatic carbocycles. The van der Waals surface area contributed by atoms with Crippen LogP contribution in [-0.4, -0.2) is 32.9 Å². The minimum atomic E-state index is -3.34. The van der Waals surface area contributed by atoms with Gasteiger partial charge >= 0.3 is 0 Å². The Balaban J connectivity index is 2.59. The smallest absolute Gasteiger partial charge is 0.242 e. The molecule has 0 heterocycles. The maximum absolute atomic E-state index is 12.0. The third-order valence-corrected chi connectivity index (χ3v) is 5.29. The van der Waals surface area contributed by atoms with Gasteiger partial charge < -0.3 is 5.32 Å². The molecule has 0 aliphatic carbocycles. The molecule has 0 aromatic heterocycles. The fourth-order valence-corrected chi connectivity index (χ4v) is 3.02. The van der Waals surface area contributed by atoms with Gasteiger partial charge in [-0.05, 0) is 43.5 Å². The van der Waals surface area contributed by atoms with Crippen LogP contribution in [0, 0.1) is 5.92 Å². The van der Waals surface area contributed by atoms with Gasteiger partial charge in [0.2, 0.25) is 10.0 Å². The van der Waals surface area contributed by atoms with Gasteiger partial charge in [-0.2, -0.15) is 0 Å². The Hall–Kier alpha value is -1.07. The molecule has 120 valence electrons. The van der Waals surface area contributed by atoms with Gasteiger partial charge in [0, 0.05) is 25.8 Å². The Morgan fingerprint density at radius 3 is 2.10 bits per heavy atom. The van der Waals surface area contributed by atoms with Crippen LogP contribution in [0.1, 0.15) is 40.0 Å². The van der Waals surface area contributed by atoms with Crippen molar-refractivity contribution in [3.05, 3.63) is 24.3 Å². The second-order valence-electron chi connectivity index (χ2n) is 6.18. The van der Waals surface area contributed by atoms with Crippen molar-refractivity contribution >= 4 is 15.7 Å². The molecule has 0 amide bonds. The van der Waals surface area contributed by atoms with Crippen molar-refractivity contribution in [2.75, 3.05) is 19.4 Å². The number of sulfonamides is 1. The summed E-state index contributed by atoms with van der Waals surface area (Å²) in [6, 6.07) is 7.35. The molecule has 0 aliphatic rings. The summed E-state index contributed by atoms with van der Waals surface area (Å²) in [5, 5.41) is 3.42.